The number of aromatic nitrogens is 2. The number of rotatable bonds is 4. The summed E-state index contributed by atoms with van der Waals surface area (Å²) in [4.78, 5) is 13.8. The molecule has 25 heavy (non-hydrogen) atoms. The lowest BCUT2D eigenvalue weighted by Gasteiger charge is -2.30. The first kappa shape index (κ1) is 15.4. The molecule has 1 aromatic heterocycles. The molecule has 126 valence electrons. The van der Waals surface area contributed by atoms with E-state index < -0.39 is 5.97 Å². The molecule has 0 amide bonds. The van der Waals surface area contributed by atoms with Crippen molar-refractivity contribution in [1.29, 1.82) is 0 Å². The Balaban J connectivity index is 1.60. The van der Waals surface area contributed by atoms with Gasteiger partial charge in [-0.05, 0) is 36.6 Å². The van der Waals surface area contributed by atoms with Crippen LogP contribution < -0.4 is 4.90 Å². The molecule has 0 atom stereocenters. The molecule has 2 heterocycles. The van der Waals surface area contributed by atoms with Crippen molar-refractivity contribution in [2.24, 2.45) is 0 Å². The lowest BCUT2D eigenvalue weighted by molar-refractivity contribution is 0.0696. The Kier molecular flexibility index (Phi) is 3.98. The summed E-state index contributed by atoms with van der Waals surface area (Å²) in [6.45, 7) is 1.79. The number of aromatic carboxylic acids is 1. The fourth-order valence-electron chi connectivity index (χ4n) is 3.42. The van der Waals surface area contributed by atoms with Crippen LogP contribution in [0.1, 0.15) is 27.9 Å². The number of fused-ring (bicyclic) bond motifs is 1. The highest BCUT2D eigenvalue weighted by molar-refractivity contribution is 5.91. The van der Waals surface area contributed by atoms with Crippen molar-refractivity contribution in [2.45, 2.75) is 19.4 Å². The van der Waals surface area contributed by atoms with Gasteiger partial charge in [0.05, 0.1) is 17.4 Å². The van der Waals surface area contributed by atoms with Crippen molar-refractivity contribution in [3.05, 3.63) is 77.6 Å². The third-order valence-corrected chi connectivity index (χ3v) is 4.60. The maximum Gasteiger partial charge on any atom is 0.337 e. The van der Waals surface area contributed by atoms with Crippen LogP contribution in [0.4, 0.5) is 5.69 Å². The van der Waals surface area contributed by atoms with E-state index in [-0.39, 0.29) is 5.56 Å². The first-order valence-electron chi connectivity index (χ1n) is 8.41. The Hall–Kier alpha value is -3.08. The minimum absolute atomic E-state index is 0.250. The second kappa shape index (κ2) is 6.43. The Morgan fingerprint density at radius 3 is 2.68 bits per heavy atom. The molecule has 0 bridgehead atoms. The molecule has 2 aromatic carbocycles. The van der Waals surface area contributed by atoms with Crippen LogP contribution >= 0.6 is 0 Å². The minimum Gasteiger partial charge on any atom is -0.478 e. The van der Waals surface area contributed by atoms with Crippen molar-refractivity contribution in [2.75, 3.05) is 11.4 Å². The molecule has 1 aliphatic rings. The van der Waals surface area contributed by atoms with Crippen LogP contribution in [0, 0.1) is 0 Å². The summed E-state index contributed by atoms with van der Waals surface area (Å²) in [5.74, 6) is -0.947. The smallest absolute Gasteiger partial charge is 0.337 e. The van der Waals surface area contributed by atoms with Crippen LogP contribution in [0.5, 0.6) is 0 Å². The minimum atomic E-state index is -0.947. The molecule has 0 radical (unpaired) electrons. The molecule has 0 saturated carbocycles. The number of carbonyl (C=O) groups is 1. The summed E-state index contributed by atoms with van der Waals surface area (Å²) < 4.78 is 1.65. The summed E-state index contributed by atoms with van der Waals surface area (Å²) >= 11 is 0. The highest BCUT2D eigenvalue weighted by Gasteiger charge is 2.17. The molecule has 1 aliphatic heterocycles. The highest BCUT2D eigenvalue weighted by Crippen LogP contribution is 2.28. The van der Waals surface area contributed by atoms with E-state index in [2.05, 4.69) is 34.3 Å². The highest BCUT2D eigenvalue weighted by atomic mass is 16.4. The van der Waals surface area contributed by atoms with Gasteiger partial charge in [0.1, 0.15) is 0 Å². The maximum absolute atomic E-state index is 11.4. The van der Waals surface area contributed by atoms with Crippen LogP contribution in [-0.2, 0) is 13.0 Å². The molecule has 1 N–H and O–H groups in total. The van der Waals surface area contributed by atoms with Crippen LogP contribution in [0.3, 0.4) is 0 Å². The molecule has 0 aliphatic carbocycles. The van der Waals surface area contributed by atoms with E-state index in [1.165, 1.54) is 11.3 Å². The van der Waals surface area contributed by atoms with Crippen LogP contribution in [-0.4, -0.2) is 27.4 Å². The molecular weight excluding hydrogens is 314 g/mol. The molecule has 5 heteroatoms. The topological polar surface area (TPSA) is 58.4 Å². The molecule has 0 saturated heterocycles. The van der Waals surface area contributed by atoms with E-state index in [1.54, 1.807) is 22.9 Å². The van der Waals surface area contributed by atoms with Gasteiger partial charge in [-0.3, -0.25) is 0 Å². The average Bonchev–Trinajstić information content (AvgIpc) is 3.10. The largest absolute Gasteiger partial charge is 0.478 e. The van der Waals surface area contributed by atoms with Gasteiger partial charge in [0.2, 0.25) is 0 Å². The average molecular weight is 333 g/mol. The van der Waals surface area contributed by atoms with Crippen molar-refractivity contribution < 1.29 is 9.90 Å². The lowest BCUT2D eigenvalue weighted by atomic mass is 10.0. The van der Waals surface area contributed by atoms with Crippen LogP contribution in [0.2, 0.25) is 0 Å². The van der Waals surface area contributed by atoms with E-state index in [0.29, 0.717) is 5.69 Å². The third kappa shape index (κ3) is 3.01. The third-order valence-electron chi connectivity index (χ3n) is 4.60. The number of para-hydroxylation sites is 2. The maximum atomic E-state index is 11.4. The zero-order valence-electron chi connectivity index (χ0n) is 13.8. The van der Waals surface area contributed by atoms with Crippen LogP contribution in [0.15, 0.2) is 60.9 Å². The lowest BCUT2D eigenvalue weighted by Crippen LogP contribution is -2.28. The Morgan fingerprint density at radius 1 is 1.08 bits per heavy atom. The fourth-order valence-corrected chi connectivity index (χ4v) is 3.42. The summed E-state index contributed by atoms with van der Waals surface area (Å²) in [7, 11) is 0. The van der Waals surface area contributed by atoms with Gasteiger partial charge in [-0.2, -0.15) is 5.10 Å². The number of carboxylic acid groups (broad SMARTS) is 1. The van der Waals surface area contributed by atoms with Crippen molar-refractivity contribution in [3.63, 3.8) is 0 Å². The van der Waals surface area contributed by atoms with Gasteiger partial charge >= 0.3 is 5.97 Å². The summed E-state index contributed by atoms with van der Waals surface area (Å²) in [6, 6.07) is 15.4. The Labute approximate surface area is 146 Å². The number of hydrogen-bond donors (Lipinski definition) is 1. The molecule has 4 rings (SSSR count). The van der Waals surface area contributed by atoms with Crippen molar-refractivity contribution in [3.8, 4) is 5.69 Å². The normalized spacial score (nSPS) is 13.5. The van der Waals surface area contributed by atoms with Gasteiger partial charge in [-0.15, -0.1) is 0 Å². The summed E-state index contributed by atoms with van der Waals surface area (Å²) in [5.41, 5.74) is 4.57. The first-order chi connectivity index (χ1) is 12.2. The number of benzene rings is 2. The Morgan fingerprint density at radius 2 is 1.84 bits per heavy atom. The molecule has 0 spiro atoms. The van der Waals surface area contributed by atoms with Crippen LogP contribution in [0.25, 0.3) is 5.69 Å². The standard InChI is InChI=1S/C20H19N3O2/c24-20(25)17-8-2-4-10-19(17)23-14-15(12-21-23)13-22-11-5-7-16-6-1-3-9-18(16)22/h1-4,6,8-10,12,14H,5,7,11,13H2,(H,24,25). The molecule has 3 aromatic rings. The Bertz CT molecular complexity index is 917. The van der Waals surface area contributed by atoms with E-state index in [9.17, 15) is 9.90 Å². The monoisotopic (exact) mass is 333 g/mol. The zero-order chi connectivity index (χ0) is 17.2. The zero-order valence-corrected chi connectivity index (χ0v) is 13.8. The number of hydrogen-bond acceptors (Lipinski definition) is 3. The predicted molar refractivity (Wildman–Crippen MR) is 96.3 cm³/mol. The van der Waals surface area contributed by atoms with Crippen molar-refractivity contribution >= 4 is 11.7 Å². The van der Waals surface area contributed by atoms with E-state index in [4.69, 9.17) is 0 Å². The van der Waals surface area contributed by atoms with Gasteiger partial charge in [-0.25, -0.2) is 9.48 Å². The number of carboxylic acids is 1. The van der Waals surface area contributed by atoms with Gasteiger partial charge in [0, 0.05) is 30.5 Å². The quantitative estimate of drug-likeness (QED) is 0.793. The molecule has 5 nitrogen and oxygen atoms in total. The van der Waals surface area contributed by atoms with Gasteiger partial charge in [0.25, 0.3) is 0 Å². The number of aryl methyl sites for hydroxylation is 1. The first-order valence-corrected chi connectivity index (χ1v) is 8.41. The predicted octanol–water partition coefficient (Wildman–Crippen LogP) is 3.52. The molecule has 0 fully saturated rings. The fraction of sp³-hybridized carbons (Fsp3) is 0.200. The summed E-state index contributed by atoms with van der Waals surface area (Å²) in [5, 5.41) is 13.7. The van der Waals surface area contributed by atoms with Crippen molar-refractivity contribution in [1.82, 2.24) is 9.78 Å². The molecule has 0 unspecified atom stereocenters. The SMILES string of the molecule is O=C(O)c1ccccc1-n1cc(CN2CCCc3ccccc32)cn1. The van der Waals surface area contributed by atoms with Gasteiger partial charge in [0.15, 0.2) is 0 Å². The second-order valence-electron chi connectivity index (χ2n) is 6.27. The number of nitrogens with zero attached hydrogens (tertiary/aromatic N) is 3. The molecular formula is C20H19N3O2. The van der Waals surface area contributed by atoms with Gasteiger partial charge < -0.3 is 10.0 Å². The number of anilines is 1. The summed E-state index contributed by atoms with van der Waals surface area (Å²) in [6.07, 6.45) is 6.00. The van der Waals surface area contributed by atoms with Gasteiger partial charge in [-0.1, -0.05) is 30.3 Å². The van der Waals surface area contributed by atoms with E-state index >= 15 is 0 Å². The van der Waals surface area contributed by atoms with E-state index in [1.807, 2.05) is 18.5 Å². The second-order valence-corrected chi connectivity index (χ2v) is 6.27. The van der Waals surface area contributed by atoms with E-state index in [0.717, 1.165) is 31.5 Å².